The summed E-state index contributed by atoms with van der Waals surface area (Å²) in [4.78, 5) is 12.8. The third-order valence-electron chi connectivity index (χ3n) is 3.39. The van der Waals surface area contributed by atoms with Gasteiger partial charge in [-0.05, 0) is 18.2 Å². The number of pyridine rings is 2. The molecule has 0 amide bonds. The van der Waals surface area contributed by atoms with E-state index in [4.69, 9.17) is 17.3 Å². The SMILES string of the molecule is Nc1nc2cc(Cl)cnc2n1-c1cccc2cnccc12. The van der Waals surface area contributed by atoms with Crippen molar-refractivity contribution in [1.29, 1.82) is 0 Å². The van der Waals surface area contributed by atoms with Crippen LogP contribution < -0.4 is 5.73 Å². The molecule has 0 saturated heterocycles. The van der Waals surface area contributed by atoms with Crippen LogP contribution in [0.2, 0.25) is 5.02 Å². The molecule has 0 atom stereocenters. The van der Waals surface area contributed by atoms with Crippen LogP contribution in [-0.2, 0) is 0 Å². The molecule has 5 nitrogen and oxygen atoms in total. The van der Waals surface area contributed by atoms with Crippen LogP contribution in [0.15, 0.2) is 48.9 Å². The number of aromatic nitrogens is 4. The Bertz CT molecular complexity index is 971. The summed E-state index contributed by atoms with van der Waals surface area (Å²) >= 11 is 5.96. The van der Waals surface area contributed by atoms with E-state index in [1.165, 1.54) is 0 Å². The van der Waals surface area contributed by atoms with Gasteiger partial charge in [-0.15, -0.1) is 0 Å². The molecule has 0 unspecified atom stereocenters. The minimum absolute atomic E-state index is 0.379. The second kappa shape index (κ2) is 4.43. The summed E-state index contributed by atoms with van der Waals surface area (Å²) in [5, 5.41) is 2.61. The summed E-state index contributed by atoms with van der Waals surface area (Å²) in [6.07, 6.45) is 5.16. The van der Waals surface area contributed by atoms with Crippen LogP contribution in [0, 0.1) is 0 Å². The number of fused-ring (bicyclic) bond motifs is 2. The number of rotatable bonds is 1. The summed E-state index contributed by atoms with van der Waals surface area (Å²) in [6, 6.07) is 9.65. The molecule has 3 aromatic heterocycles. The highest BCUT2D eigenvalue weighted by Gasteiger charge is 2.13. The summed E-state index contributed by atoms with van der Waals surface area (Å²) in [7, 11) is 0. The molecular formula is C15H10ClN5. The molecule has 0 aliphatic heterocycles. The zero-order valence-corrected chi connectivity index (χ0v) is 11.6. The summed E-state index contributed by atoms with van der Waals surface area (Å²) in [6.45, 7) is 0. The summed E-state index contributed by atoms with van der Waals surface area (Å²) in [5.74, 6) is 0.379. The number of nitrogens with two attached hydrogens (primary N) is 1. The van der Waals surface area contributed by atoms with Gasteiger partial charge in [0.15, 0.2) is 5.65 Å². The zero-order chi connectivity index (χ0) is 14.4. The molecule has 0 aliphatic rings. The Morgan fingerprint density at radius 3 is 2.95 bits per heavy atom. The van der Waals surface area contributed by atoms with Gasteiger partial charge in [0, 0.05) is 29.4 Å². The standard InChI is InChI=1S/C15H10ClN5/c16-10-6-12-14(19-8-10)21(15(17)20-12)13-3-1-2-9-7-18-5-4-11(9)13/h1-8H,(H2,17,20). The van der Waals surface area contributed by atoms with Crippen molar-refractivity contribution in [3.05, 3.63) is 53.9 Å². The van der Waals surface area contributed by atoms with Crippen molar-refractivity contribution in [1.82, 2.24) is 19.5 Å². The Balaban J connectivity index is 2.11. The van der Waals surface area contributed by atoms with E-state index in [-0.39, 0.29) is 0 Å². The average Bonchev–Trinajstić information content (AvgIpc) is 2.81. The summed E-state index contributed by atoms with van der Waals surface area (Å²) < 4.78 is 1.83. The first-order valence-corrected chi connectivity index (χ1v) is 6.74. The highest BCUT2D eigenvalue weighted by Crippen LogP contribution is 2.28. The van der Waals surface area contributed by atoms with E-state index in [1.807, 2.05) is 35.0 Å². The first-order chi connectivity index (χ1) is 10.2. The molecule has 0 aliphatic carbocycles. The Morgan fingerprint density at radius 1 is 1.14 bits per heavy atom. The van der Waals surface area contributed by atoms with Gasteiger partial charge in [-0.3, -0.25) is 9.55 Å². The lowest BCUT2D eigenvalue weighted by Crippen LogP contribution is -2.02. The second-order valence-corrected chi connectivity index (χ2v) is 5.11. The maximum Gasteiger partial charge on any atom is 0.207 e. The number of hydrogen-bond donors (Lipinski definition) is 1. The Hall–Kier alpha value is -2.66. The third kappa shape index (κ3) is 1.82. The number of imidazole rings is 1. The maximum absolute atomic E-state index is 6.08. The monoisotopic (exact) mass is 295 g/mol. The van der Waals surface area contributed by atoms with E-state index < -0.39 is 0 Å². The van der Waals surface area contributed by atoms with Gasteiger partial charge >= 0.3 is 0 Å². The molecule has 0 bridgehead atoms. The fourth-order valence-electron chi connectivity index (χ4n) is 2.50. The van der Waals surface area contributed by atoms with E-state index in [0.717, 1.165) is 16.5 Å². The third-order valence-corrected chi connectivity index (χ3v) is 3.60. The van der Waals surface area contributed by atoms with Crippen LogP contribution in [0.4, 0.5) is 5.95 Å². The minimum atomic E-state index is 0.379. The number of nitrogens with zero attached hydrogens (tertiary/aromatic N) is 4. The predicted molar refractivity (Wildman–Crippen MR) is 83.6 cm³/mol. The fourth-order valence-corrected chi connectivity index (χ4v) is 2.65. The highest BCUT2D eigenvalue weighted by molar-refractivity contribution is 6.31. The van der Waals surface area contributed by atoms with Crippen molar-refractivity contribution >= 4 is 39.5 Å². The summed E-state index contributed by atoms with van der Waals surface area (Å²) in [5.41, 5.74) is 8.35. The largest absolute Gasteiger partial charge is 0.369 e. The molecule has 3 heterocycles. The lowest BCUT2D eigenvalue weighted by molar-refractivity contribution is 1.09. The number of halogens is 1. The highest BCUT2D eigenvalue weighted by atomic mass is 35.5. The van der Waals surface area contributed by atoms with Gasteiger partial charge in [-0.25, -0.2) is 9.97 Å². The van der Waals surface area contributed by atoms with Crippen molar-refractivity contribution in [2.45, 2.75) is 0 Å². The average molecular weight is 296 g/mol. The molecule has 4 rings (SSSR count). The Labute approximate surface area is 125 Å². The number of nitrogen functional groups attached to an aromatic ring is 1. The van der Waals surface area contributed by atoms with E-state index >= 15 is 0 Å². The van der Waals surface area contributed by atoms with E-state index in [1.54, 1.807) is 18.5 Å². The molecular weight excluding hydrogens is 286 g/mol. The molecule has 0 fully saturated rings. The predicted octanol–water partition coefficient (Wildman–Crippen LogP) is 3.20. The van der Waals surface area contributed by atoms with E-state index in [9.17, 15) is 0 Å². The quantitative estimate of drug-likeness (QED) is 0.585. The second-order valence-electron chi connectivity index (χ2n) is 4.68. The molecule has 21 heavy (non-hydrogen) atoms. The Kier molecular flexibility index (Phi) is 2.55. The molecule has 4 aromatic rings. The van der Waals surface area contributed by atoms with E-state index in [0.29, 0.717) is 22.1 Å². The van der Waals surface area contributed by atoms with Crippen LogP contribution in [-0.4, -0.2) is 19.5 Å². The van der Waals surface area contributed by atoms with Crippen LogP contribution in [0.3, 0.4) is 0 Å². The van der Waals surface area contributed by atoms with Crippen LogP contribution in [0.1, 0.15) is 0 Å². The number of hydrogen-bond acceptors (Lipinski definition) is 4. The van der Waals surface area contributed by atoms with Crippen molar-refractivity contribution in [3.8, 4) is 5.69 Å². The van der Waals surface area contributed by atoms with Gasteiger partial charge in [0.1, 0.15) is 5.52 Å². The van der Waals surface area contributed by atoms with Gasteiger partial charge in [-0.1, -0.05) is 23.7 Å². The maximum atomic E-state index is 6.08. The van der Waals surface area contributed by atoms with Gasteiger partial charge < -0.3 is 5.73 Å². The van der Waals surface area contributed by atoms with Crippen LogP contribution in [0.25, 0.3) is 27.6 Å². The molecule has 0 saturated carbocycles. The molecule has 6 heteroatoms. The van der Waals surface area contributed by atoms with Gasteiger partial charge in [0.05, 0.1) is 10.7 Å². The minimum Gasteiger partial charge on any atom is -0.369 e. The normalized spacial score (nSPS) is 11.3. The Morgan fingerprint density at radius 2 is 2.05 bits per heavy atom. The van der Waals surface area contributed by atoms with Crippen molar-refractivity contribution in [2.24, 2.45) is 0 Å². The molecule has 102 valence electrons. The van der Waals surface area contributed by atoms with Crippen LogP contribution >= 0.6 is 11.6 Å². The van der Waals surface area contributed by atoms with Crippen molar-refractivity contribution < 1.29 is 0 Å². The van der Waals surface area contributed by atoms with Gasteiger partial charge in [0.2, 0.25) is 5.95 Å². The molecule has 0 spiro atoms. The first kappa shape index (κ1) is 12.1. The molecule has 1 aromatic carbocycles. The molecule has 2 N–H and O–H groups in total. The fraction of sp³-hybridized carbons (Fsp3) is 0. The van der Waals surface area contributed by atoms with Gasteiger partial charge in [-0.2, -0.15) is 0 Å². The topological polar surface area (TPSA) is 69.6 Å². The van der Waals surface area contributed by atoms with Crippen molar-refractivity contribution in [3.63, 3.8) is 0 Å². The zero-order valence-electron chi connectivity index (χ0n) is 10.9. The van der Waals surface area contributed by atoms with Gasteiger partial charge in [0.25, 0.3) is 0 Å². The first-order valence-electron chi connectivity index (χ1n) is 6.36. The van der Waals surface area contributed by atoms with Crippen molar-refractivity contribution in [2.75, 3.05) is 5.73 Å². The number of benzene rings is 1. The number of anilines is 1. The molecule has 0 radical (unpaired) electrons. The smallest absolute Gasteiger partial charge is 0.207 e. The van der Waals surface area contributed by atoms with Crippen LogP contribution in [0.5, 0.6) is 0 Å². The lowest BCUT2D eigenvalue weighted by atomic mass is 10.1. The van der Waals surface area contributed by atoms with E-state index in [2.05, 4.69) is 15.0 Å². The lowest BCUT2D eigenvalue weighted by Gasteiger charge is -2.09.